The van der Waals surface area contributed by atoms with E-state index >= 15 is 0 Å². The van der Waals surface area contributed by atoms with Crippen molar-refractivity contribution in [3.63, 3.8) is 0 Å². The van der Waals surface area contributed by atoms with Gasteiger partial charge in [0.2, 0.25) is 10.0 Å². The summed E-state index contributed by atoms with van der Waals surface area (Å²) in [5, 5.41) is 2.75. The van der Waals surface area contributed by atoms with Crippen molar-refractivity contribution in [3.8, 4) is 0 Å². The van der Waals surface area contributed by atoms with Gasteiger partial charge in [-0.3, -0.25) is 4.79 Å². The van der Waals surface area contributed by atoms with Crippen molar-refractivity contribution in [1.82, 2.24) is 4.72 Å². The molecule has 0 radical (unpaired) electrons. The van der Waals surface area contributed by atoms with Crippen LogP contribution < -0.4 is 10.0 Å². The molecule has 0 spiro atoms. The molecule has 5 nitrogen and oxygen atoms in total. The van der Waals surface area contributed by atoms with Crippen LogP contribution in [0.25, 0.3) is 0 Å². The quantitative estimate of drug-likeness (QED) is 0.887. The van der Waals surface area contributed by atoms with Crippen molar-refractivity contribution in [2.24, 2.45) is 0 Å². The molecule has 0 aliphatic carbocycles. The predicted octanol–water partition coefficient (Wildman–Crippen LogP) is 2.47. The van der Waals surface area contributed by atoms with Gasteiger partial charge in [0, 0.05) is 10.6 Å². The van der Waals surface area contributed by atoms with Gasteiger partial charge in [-0.15, -0.1) is 11.3 Å². The lowest BCUT2D eigenvalue weighted by Gasteiger charge is -2.06. The SMILES string of the molecule is CCc1ccc(C(=O)Nc2ccc(S(=O)(=O)NC)cc2)s1. The van der Waals surface area contributed by atoms with Crippen molar-refractivity contribution in [3.05, 3.63) is 46.2 Å². The van der Waals surface area contributed by atoms with Gasteiger partial charge in [0.05, 0.1) is 9.77 Å². The molecule has 0 saturated carbocycles. The van der Waals surface area contributed by atoms with Gasteiger partial charge in [0.15, 0.2) is 0 Å². The zero-order chi connectivity index (χ0) is 15.5. The molecule has 2 N–H and O–H groups in total. The highest BCUT2D eigenvalue weighted by atomic mass is 32.2. The summed E-state index contributed by atoms with van der Waals surface area (Å²) in [4.78, 5) is 14.0. The Kier molecular flexibility index (Phi) is 4.76. The third-order valence-corrected chi connectivity index (χ3v) is 5.58. The summed E-state index contributed by atoms with van der Waals surface area (Å²) in [6.45, 7) is 2.04. The number of anilines is 1. The topological polar surface area (TPSA) is 75.3 Å². The summed E-state index contributed by atoms with van der Waals surface area (Å²) in [7, 11) is -2.10. The number of aryl methyl sites for hydroxylation is 1. The van der Waals surface area contributed by atoms with Gasteiger partial charge in [0.1, 0.15) is 0 Å². The molecule has 0 aliphatic heterocycles. The number of carbonyl (C=O) groups is 1. The van der Waals surface area contributed by atoms with E-state index < -0.39 is 10.0 Å². The molecule has 7 heteroatoms. The summed E-state index contributed by atoms with van der Waals surface area (Å²) in [6.07, 6.45) is 0.897. The fourth-order valence-electron chi connectivity index (χ4n) is 1.72. The van der Waals surface area contributed by atoms with Crippen LogP contribution in [0.3, 0.4) is 0 Å². The van der Waals surface area contributed by atoms with Gasteiger partial charge < -0.3 is 5.32 Å². The van der Waals surface area contributed by atoms with Crippen LogP contribution in [0.1, 0.15) is 21.5 Å². The second kappa shape index (κ2) is 6.38. The summed E-state index contributed by atoms with van der Waals surface area (Å²) in [5.74, 6) is -0.191. The zero-order valence-electron chi connectivity index (χ0n) is 11.7. The molecule has 21 heavy (non-hydrogen) atoms. The van der Waals surface area contributed by atoms with E-state index in [2.05, 4.69) is 10.0 Å². The lowest BCUT2D eigenvalue weighted by Crippen LogP contribution is -2.18. The maximum Gasteiger partial charge on any atom is 0.265 e. The van der Waals surface area contributed by atoms with Crippen LogP contribution in [-0.4, -0.2) is 21.4 Å². The Labute approximate surface area is 128 Å². The fraction of sp³-hybridized carbons (Fsp3) is 0.214. The van der Waals surface area contributed by atoms with Crippen molar-refractivity contribution in [2.45, 2.75) is 18.2 Å². The van der Waals surface area contributed by atoms with Gasteiger partial charge >= 0.3 is 0 Å². The summed E-state index contributed by atoms with van der Waals surface area (Å²) in [5.41, 5.74) is 0.557. The number of rotatable bonds is 5. The fourth-order valence-corrected chi connectivity index (χ4v) is 3.29. The minimum Gasteiger partial charge on any atom is -0.321 e. The zero-order valence-corrected chi connectivity index (χ0v) is 13.3. The van der Waals surface area contributed by atoms with E-state index in [9.17, 15) is 13.2 Å². The molecule has 1 amide bonds. The number of thiophene rings is 1. The highest BCUT2D eigenvalue weighted by Crippen LogP contribution is 2.19. The standard InChI is InChI=1S/C14H16N2O3S2/c1-3-11-6-9-13(20-11)14(17)16-10-4-7-12(8-5-10)21(18,19)15-2/h4-9,15H,3H2,1-2H3,(H,16,17). The number of sulfonamides is 1. The molecular weight excluding hydrogens is 308 g/mol. The van der Waals surface area contributed by atoms with Crippen LogP contribution >= 0.6 is 11.3 Å². The van der Waals surface area contributed by atoms with E-state index in [0.29, 0.717) is 10.6 Å². The van der Waals surface area contributed by atoms with Crippen molar-refractivity contribution in [2.75, 3.05) is 12.4 Å². The smallest absolute Gasteiger partial charge is 0.265 e. The van der Waals surface area contributed by atoms with Crippen LogP contribution in [0, 0.1) is 0 Å². The molecule has 0 unspecified atom stereocenters. The first-order chi connectivity index (χ1) is 9.96. The van der Waals surface area contributed by atoms with Gasteiger partial charge in [-0.05, 0) is 49.9 Å². The van der Waals surface area contributed by atoms with Gasteiger partial charge in [0.25, 0.3) is 5.91 Å². The lowest BCUT2D eigenvalue weighted by atomic mass is 10.3. The van der Waals surface area contributed by atoms with Gasteiger partial charge in [-0.2, -0.15) is 0 Å². The monoisotopic (exact) mass is 324 g/mol. The van der Waals surface area contributed by atoms with E-state index in [1.54, 1.807) is 18.2 Å². The molecule has 0 fully saturated rings. The number of benzene rings is 1. The molecule has 2 aromatic rings. The third kappa shape index (κ3) is 3.69. The lowest BCUT2D eigenvalue weighted by molar-refractivity contribution is 0.103. The minimum atomic E-state index is -3.46. The number of hydrogen-bond donors (Lipinski definition) is 2. The van der Waals surface area contributed by atoms with Crippen molar-refractivity contribution >= 4 is 33.0 Å². The molecule has 0 saturated heterocycles. The average Bonchev–Trinajstić information content (AvgIpc) is 2.97. The van der Waals surface area contributed by atoms with E-state index in [1.165, 1.54) is 30.5 Å². The van der Waals surface area contributed by atoms with Crippen molar-refractivity contribution < 1.29 is 13.2 Å². The highest BCUT2D eigenvalue weighted by molar-refractivity contribution is 7.89. The largest absolute Gasteiger partial charge is 0.321 e. The predicted molar refractivity (Wildman–Crippen MR) is 84.3 cm³/mol. The maximum atomic E-state index is 12.1. The molecule has 2 rings (SSSR count). The molecule has 1 aromatic heterocycles. The van der Waals surface area contributed by atoms with E-state index in [4.69, 9.17) is 0 Å². The molecule has 0 bridgehead atoms. The Morgan fingerprint density at radius 1 is 1.14 bits per heavy atom. The third-order valence-electron chi connectivity index (χ3n) is 2.93. The average molecular weight is 324 g/mol. The van der Waals surface area contributed by atoms with Crippen LogP contribution in [-0.2, 0) is 16.4 Å². The van der Waals surface area contributed by atoms with Crippen LogP contribution in [0.2, 0.25) is 0 Å². The first-order valence-corrected chi connectivity index (χ1v) is 8.70. The Morgan fingerprint density at radius 3 is 2.33 bits per heavy atom. The number of nitrogens with one attached hydrogen (secondary N) is 2. The molecule has 1 heterocycles. The van der Waals surface area contributed by atoms with Crippen LogP contribution in [0.4, 0.5) is 5.69 Å². The Morgan fingerprint density at radius 2 is 1.81 bits per heavy atom. The summed E-state index contributed by atoms with van der Waals surface area (Å²) in [6, 6.07) is 9.76. The number of carbonyl (C=O) groups excluding carboxylic acids is 1. The molecule has 0 aliphatic rings. The second-order valence-electron chi connectivity index (χ2n) is 4.31. The second-order valence-corrected chi connectivity index (χ2v) is 7.36. The van der Waals surface area contributed by atoms with Crippen LogP contribution in [0.15, 0.2) is 41.3 Å². The molecular formula is C14H16N2O3S2. The van der Waals surface area contributed by atoms with Crippen molar-refractivity contribution in [1.29, 1.82) is 0 Å². The number of hydrogen-bond acceptors (Lipinski definition) is 4. The Balaban J connectivity index is 2.11. The molecule has 1 aromatic carbocycles. The highest BCUT2D eigenvalue weighted by Gasteiger charge is 2.12. The van der Waals surface area contributed by atoms with Gasteiger partial charge in [-0.25, -0.2) is 13.1 Å². The van der Waals surface area contributed by atoms with Gasteiger partial charge in [-0.1, -0.05) is 6.92 Å². The maximum absolute atomic E-state index is 12.1. The van der Waals surface area contributed by atoms with E-state index in [0.717, 1.165) is 11.3 Å². The first kappa shape index (κ1) is 15.7. The van der Waals surface area contributed by atoms with E-state index in [1.807, 2.05) is 13.0 Å². The number of amides is 1. The molecule has 112 valence electrons. The molecule has 0 atom stereocenters. The minimum absolute atomic E-state index is 0.160. The Hall–Kier alpha value is -1.70. The Bertz CT molecular complexity index is 734. The van der Waals surface area contributed by atoms with Crippen LogP contribution in [0.5, 0.6) is 0 Å². The summed E-state index contributed by atoms with van der Waals surface area (Å²) < 4.78 is 25.4. The normalized spacial score (nSPS) is 11.3. The summed E-state index contributed by atoms with van der Waals surface area (Å²) >= 11 is 1.45. The van der Waals surface area contributed by atoms with E-state index in [-0.39, 0.29) is 10.8 Å². The first-order valence-electron chi connectivity index (χ1n) is 6.40.